The van der Waals surface area contributed by atoms with E-state index >= 15 is 0 Å². The molecular weight excluding hydrogens is 276 g/mol. The van der Waals surface area contributed by atoms with Crippen LogP contribution in [-0.2, 0) is 9.53 Å². The third-order valence-electron chi connectivity index (χ3n) is 3.68. The number of hydrogen-bond donors (Lipinski definition) is 1. The molecule has 22 heavy (non-hydrogen) atoms. The van der Waals surface area contributed by atoms with Gasteiger partial charge < -0.3 is 10.1 Å². The fourth-order valence-corrected chi connectivity index (χ4v) is 2.45. The summed E-state index contributed by atoms with van der Waals surface area (Å²) >= 11 is 0. The highest BCUT2D eigenvalue weighted by atomic mass is 16.5. The molecule has 0 saturated carbocycles. The molecule has 0 unspecified atom stereocenters. The van der Waals surface area contributed by atoms with E-state index in [2.05, 4.69) is 29.0 Å². The Morgan fingerprint density at radius 2 is 2.23 bits per heavy atom. The van der Waals surface area contributed by atoms with Crippen molar-refractivity contribution in [2.24, 2.45) is 0 Å². The van der Waals surface area contributed by atoms with Gasteiger partial charge in [0.05, 0.1) is 19.2 Å². The first-order chi connectivity index (χ1) is 10.8. The minimum Gasteiger partial charge on any atom is -0.377 e. The molecule has 4 heteroatoms. The molecule has 0 radical (unpaired) electrons. The number of carbonyl (C=O) groups is 1. The van der Waals surface area contributed by atoms with Crippen LogP contribution in [0.2, 0.25) is 0 Å². The maximum absolute atomic E-state index is 11.9. The quantitative estimate of drug-likeness (QED) is 0.812. The molecule has 1 aromatic rings. The van der Waals surface area contributed by atoms with E-state index in [9.17, 15) is 4.79 Å². The Balaban J connectivity index is 1.69. The minimum atomic E-state index is 0.0159. The first-order valence-electron chi connectivity index (χ1n) is 7.92. The van der Waals surface area contributed by atoms with Crippen LogP contribution in [0.1, 0.15) is 25.3 Å². The summed E-state index contributed by atoms with van der Waals surface area (Å²) in [4.78, 5) is 14.1. The van der Waals surface area contributed by atoms with Gasteiger partial charge in [0.2, 0.25) is 5.91 Å². The van der Waals surface area contributed by atoms with E-state index in [0.717, 1.165) is 38.1 Å². The molecule has 0 spiro atoms. The van der Waals surface area contributed by atoms with Gasteiger partial charge in [-0.3, -0.25) is 9.69 Å². The van der Waals surface area contributed by atoms with E-state index < -0.39 is 0 Å². The number of likely N-dealkylation sites (N-methyl/N-ethyl adjacent to an activating group) is 1. The normalized spacial score (nSPS) is 17.1. The highest BCUT2D eigenvalue weighted by molar-refractivity contribution is 5.78. The van der Waals surface area contributed by atoms with Crippen LogP contribution in [0.4, 0.5) is 0 Å². The molecule has 0 aromatic heterocycles. The Morgan fingerprint density at radius 3 is 2.91 bits per heavy atom. The average Bonchev–Trinajstić information content (AvgIpc) is 3.05. The summed E-state index contributed by atoms with van der Waals surface area (Å²) in [6.07, 6.45) is 2.51. The Hall–Kier alpha value is -1.83. The van der Waals surface area contributed by atoms with Crippen LogP contribution < -0.4 is 5.32 Å². The van der Waals surface area contributed by atoms with E-state index in [1.54, 1.807) is 0 Å². The maximum Gasteiger partial charge on any atom is 0.234 e. The number of amides is 1. The van der Waals surface area contributed by atoms with Gasteiger partial charge in [0.25, 0.3) is 0 Å². The second-order valence-electron chi connectivity index (χ2n) is 5.41. The zero-order chi connectivity index (χ0) is 15.6. The number of carbonyl (C=O) groups excluding carboxylic acids is 1. The summed E-state index contributed by atoms with van der Waals surface area (Å²) < 4.78 is 5.62. The molecule has 1 atom stereocenters. The van der Waals surface area contributed by atoms with Crippen molar-refractivity contribution in [1.82, 2.24) is 10.2 Å². The summed E-state index contributed by atoms with van der Waals surface area (Å²) in [5.74, 6) is 6.02. The standard InChI is InChI=1S/C18H24N2O2/c1-2-20(14-17-11-7-13-22-17)15-18(21)19-12-6-10-16-8-4-3-5-9-16/h3-5,8-9,17H,2,7,11-15H2,1H3,(H,19,21)/t17-/m0/s1. The SMILES string of the molecule is CCN(CC(=O)NCC#Cc1ccccc1)C[C@@H]1CCCO1. The van der Waals surface area contributed by atoms with Crippen molar-refractivity contribution < 1.29 is 9.53 Å². The van der Waals surface area contributed by atoms with Gasteiger partial charge in [0.15, 0.2) is 0 Å². The lowest BCUT2D eigenvalue weighted by molar-refractivity contribution is -0.122. The molecule has 4 nitrogen and oxygen atoms in total. The fraction of sp³-hybridized carbons (Fsp3) is 0.500. The van der Waals surface area contributed by atoms with Gasteiger partial charge in [0, 0.05) is 18.7 Å². The Kier molecular flexibility index (Phi) is 6.95. The molecule has 1 N–H and O–H groups in total. The predicted octanol–water partition coefficient (Wildman–Crippen LogP) is 1.66. The molecule has 1 aromatic carbocycles. The monoisotopic (exact) mass is 300 g/mol. The third kappa shape index (κ3) is 5.88. The summed E-state index contributed by atoms with van der Waals surface area (Å²) in [5.41, 5.74) is 0.963. The molecule has 118 valence electrons. The minimum absolute atomic E-state index is 0.0159. The number of benzene rings is 1. The highest BCUT2D eigenvalue weighted by Crippen LogP contribution is 2.12. The lowest BCUT2D eigenvalue weighted by Crippen LogP contribution is -2.40. The summed E-state index contributed by atoms with van der Waals surface area (Å²) in [6.45, 7) is 5.39. The number of rotatable bonds is 6. The van der Waals surface area contributed by atoms with Crippen LogP contribution in [0.3, 0.4) is 0 Å². The Bertz CT molecular complexity index is 513. The Labute approximate surface area is 132 Å². The van der Waals surface area contributed by atoms with Crippen LogP contribution in [0.25, 0.3) is 0 Å². The molecule has 1 heterocycles. The summed E-state index contributed by atoms with van der Waals surface area (Å²) in [7, 11) is 0. The van der Waals surface area contributed by atoms with Gasteiger partial charge in [-0.15, -0.1) is 0 Å². The van der Waals surface area contributed by atoms with Gasteiger partial charge in [-0.1, -0.05) is 37.0 Å². The van der Waals surface area contributed by atoms with E-state index in [1.165, 1.54) is 0 Å². The highest BCUT2D eigenvalue weighted by Gasteiger charge is 2.19. The van der Waals surface area contributed by atoms with Gasteiger partial charge in [-0.25, -0.2) is 0 Å². The number of hydrogen-bond acceptors (Lipinski definition) is 3. The van der Waals surface area contributed by atoms with Crippen molar-refractivity contribution in [2.45, 2.75) is 25.9 Å². The zero-order valence-electron chi connectivity index (χ0n) is 13.2. The molecule has 0 bridgehead atoms. The summed E-state index contributed by atoms with van der Waals surface area (Å²) in [5, 5.41) is 2.85. The van der Waals surface area contributed by atoms with Crippen LogP contribution in [0, 0.1) is 11.8 Å². The maximum atomic E-state index is 11.9. The Morgan fingerprint density at radius 1 is 1.41 bits per heavy atom. The molecule has 0 aliphatic carbocycles. The second-order valence-corrected chi connectivity index (χ2v) is 5.41. The molecule has 1 fully saturated rings. The molecule has 1 aliphatic heterocycles. The lowest BCUT2D eigenvalue weighted by Gasteiger charge is -2.22. The van der Waals surface area contributed by atoms with Crippen molar-refractivity contribution in [3.8, 4) is 11.8 Å². The van der Waals surface area contributed by atoms with E-state index in [0.29, 0.717) is 13.1 Å². The third-order valence-corrected chi connectivity index (χ3v) is 3.68. The van der Waals surface area contributed by atoms with E-state index in [-0.39, 0.29) is 12.0 Å². The first-order valence-corrected chi connectivity index (χ1v) is 7.92. The molecule has 2 rings (SSSR count). The molecule has 1 amide bonds. The number of nitrogens with zero attached hydrogens (tertiary/aromatic N) is 1. The van der Waals surface area contributed by atoms with Crippen molar-refractivity contribution in [2.75, 3.05) is 32.8 Å². The first kappa shape index (κ1) is 16.5. The van der Waals surface area contributed by atoms with Crippen LogP contribution in [0.5, 0.6) is 0 Å². The lowest BCUT2D eigenvalue weighted by atomic mass is 10.2. The van der Waals surface area contributed by atoms with Crippen LogP contribution in [0.15, 0.2) is 30.3 Å². The van der Waals surface area contributed by atoms with Gasteiger partial charge in [-0.05, 0) is 31.5 Å². The van der Waals surface area contributed by atoms with Crippen molar-refractivity contribution >= 4 is 5.91 Å². The van der Waals surface area contributed by atoms with Crippen molar-refractivity contribution in [3.63, 3.8) is 0 Å². The van der Waals surface area contributed by atoms with Crippen LogP contribution >= 0.6 is 0 Å². The van der Waals surface area contributed by atoms with Crippen molar-refractivity contribution in [1.29, 1.82) is 0 Å². The fourth-order valence-electron chi connectivity index (χ4n) is 2.45. The topological polar surface area (TPSA) is 41.6 Å². The smallest absolute Gasteiger partial charge is 0.234 e. The van der Waals surface area contributed by atoms with Crippen molar-refractivity contribution in [3.05, 3.63) is 35.9 Å². The van der Waals surface area contributed by atoms with Gasteiger partial charge in [0.1, 0.15) is 0 Å². The van der Waals surface area contributed by atoms with Gasteiger partial charge >= 0.3 is 0 Å². The second kappa shape index (κ2) is 9.24. The largest absolute Gasteiger partial charge is 0.377 e. The van der Waals surface area contributed by atoms with Gasteiger partial charge in [-0.2, -0.15) is 0 Å². The molecule has 1 aliphatic rings. The number of nitrogens with one attached hydrogen (secondary N) is 1. The average molecular weight is 300 g/mol. The predicted molar refractivity (Wildman–Crippen MR) is 87.4 cm³/mol. The molecular formula is C18H24N2O2. The van der Waals surface area contributed by atoms with Crippen LogP contribution in [-0.4, -0.2) is 49.7 Å². The number of ether oxygens (including phenoxy) is 1. The van der Waals surface area contributed by atoms with E-state index in [4.69, 9.17) is 4.74 Å². The zero-order valence-corrected chi connectivity index (χ0v) is 13.2. The molecule has 1 saturated heterocycles. The summed E-state index contributed by atoms with van der Waals surface area (Å²) in [6, 6.07) is 9.77. The van der Waals surface area contributed by atoms with E-state index in [1.807, 2.05) is 30.3 Å².